The zero-order chi connectivity index (χ0) is 15.3. The second-order valence-corrected chi connectivity index (χ2v) is 4.76. The van der Waals surface area contributed by atoms with Gasteiger partial charge in [0.1, 0.15) is 5.82 Å². The Morgan fingerprint density at radius 3 is 2.60 bits per heavy atom. The molecule has 1 aromatic rings. The van der Waals surface area contributed by atoms with E-state index in [9.17, 15) is 14.0 Å². The molecule has 0 spiro atoms. The van der Waals surface area contributed by atoms with Gasteiger partial charge in [0.15, 0.2) is 0 Å². The van der Waals surface area contributed by atoms with Gasteiger partial charge < -0.3 is 15.8 Å². The number of nitrogens with two attached hydrogens (primary N) is 1. The molecule has 0 saturated heterocycles. The SMILES string of the molecule is CCC(C)(CN)C(=O)Nc1cc(C(=O)OC)ccc1F. The van der Waals surface area contributed by atoms with Crippen molar-refractivity contribution in [1.82, 2.24) is 0 Å². The van der Waals surface area contributed by atoms with Gasteiger partial charge in [-0.15, -0.1) is 0 Å². The molecule has 3 N–H and O–H groups in total. The van der Waals surface area contributed by atoms with Crippen LogP contribution in [0.4, 0.5) is 10.1 Å². The third-order valence-electron chi connectivity index (χ3n) is 3.41. The van der Waals surface area contributed by atoms with Crippen LogP contribution in [0.1, 0.15) is 30.6 Å². The highest BCUT2D eigenvalue weighted by Crippen LogP contribution is 2.24. The van der Waals surface area contributed by atoms with Gasteiger partial charge in [0, 0.05) is 6.54 Å². The highest BCUT2D eigenvalue weighted by Gasteiger charge is 2.30. The van der Waals surface area contributed by atoms with E-state index in [0.29, 0.717) is 6.42 Å². The fourth-order valence-electron chi connectivity index (χ4n) is 1.54. The quantitative estimate of drug-likeness (QED) is 0.808. The minimum Gasteiger partial charge on any atom is -0.465 e. The number of hydrogen-bond donors (Lipinski definition) is 2. The van der Waals surface area contributed by atoms with E-state index in [-0.39, 0.29) is 23.7 Å². The summed E-state index contributed by atoms with van der Waals surface area (Å²) in [6, 6.07) is 3.64. The topological polar surface area (TPSA) is 81.4 Å². The normalized spacial score (nSPS) is 13.4. The Morgan fingerprint density at radius 2 is 2.10 bits per heavy atom. The van der Waals surface area contributed by atoms with Gasteiger partial charge >= 0.3 is 5.97 Å². The molecule has 0 radical (unpaired) electrons. The van der Waals surface area contributed by atoms with E-state index < -0.39 is 17.2 Å². The molecule has 1 amide bonds. The van der Waals surface area contributed by atoms with Crippen LogP contribution in [0.3, 0.4) is 0 Å². The molecule has 0 aromatic heterocycles. The largest absolute Gasteiger partial charge is 0.465 e. The molecule has 1 atom stereocenters. The summed E-state index contributed by atoms with van der Waals surface area (Å²) in [5.74, 6) is -1.61. The van der Waals surface area contributed by atoms with Gasteiger partial charge in [-0.2, -0.15) is 0 Å². The molecule has 0 aliphatic rings. The standard InChI is InChI=1S/C14H19FN2O3/c1-4-14(2,8-16)13(19)17-11-7-9(12(18)20-3)5-6-10(11)15/h5-7H,4,8,16H2,1-3H3,(H,17,19). The van der Waals surface area contributed by atoms with Crippen molar-refractivity contribution in [2.45, 2.75) is 20.3 Å². The molecule has 0 heterocycles. The number of carbonyl (C=O) groups excluding carboxylic acids is 2. The number of esters is 1. The van der Waals surface area contributed by atoms with Crippen LogP contribution >= 0.6 is 0 Å². The third kappa shape index (κ3) is 3.33. The van der Waals surface area contributed by atoms with Gasteiger partial charge in [-0.25, -0.2) is 9.18 Å². The average molecular weight is 282 g/mol. The van der Waals surface area contributed by atoms with E-state index in [1.54, 1.807) is 6.92 Å². The highest BCUT2D eigenvalue weighted by molar-refractivity contribution is 5.97. The summed E-state index contributed by atoms with van der Waals surface area (Å²) in [5, 5.41) is 2.47. The zero-order valence-corrected chi connectivity index (χ0v) is 11.8. The van der Waals surface area contributed by atoms with E-state index in [0.717, 1.165) is 6.07 Å². The zero-order valence-electron chi connectivity index (χ0n) is 11.8. The van der Waals surface area contributed by atoms with Crippen LogP contribution in [-0.2, 0) is 9.53 Å². The first kappa shape index (κ1) is 16.1. The third-order valence-corrected chi connectivity index (χ3v) is 3.41. The van der Waals surface area contributed by atoms with Gasteiger partial charge in [0.05, 0.1) is 23.8 Å². The van der Waals surface area contributed by atoms with E-state index in [1.165, 1.54) is 19.2 Å². The maximum absolute atomic E-state index is 13.7. The van der Waals surface area contributed by atoms with Crippen molar-refractivity contribution in [1.29, 1.82) is 0 Å². The summed E-state index contributed by atoms with van der Waals surface area (Å²) < 4.78 is 18.2. The van der Waals surface area contributed by atoms with Crippen LogP contribution in [0.5, 0.6) is 0 Å². The summed E-state index contributed by atoms with van der Waals surface area (Å²) in [5.41, 5.74) is 4.90. The second kappa shape index (κ2) is 6.47. The van der Waals surface area contributed by atoms with Gasteiger partial charge in [0.2, 0.25) is 5.91 Å². The Kier molecular flexibility index (Phi) is 5.21. The second-order valence-electron chi connectivity index (χ2n) is 4.76. The molecule has 1 rings (SSSR count). The molecular weight excluding hydrogens is 263 g/mol. The highest BCUT2D eigenvalue weighted by atomic mass is 19.1. The molecule has 1 aromatic carbocycles. The summed E-state index contributed by atoms with van der Waals surface area (Å²) in [6.45, 7) is 3.67. The molecule has 1 unspecified atom stereocenters. The van der Waals surface area contributed by atoms with Crippen LogP contribution in [0.2, 0.25) is 0 Å². The molecular formula is C14H19FN2O3. The molecule has 0 saturated carbocycles. The van der Waals surface area contributed by atoms with E-state index >= 15 is 0 Å². The minimum absolute atomic E-state index is 0.0639. The number of benzene rings is 1. The van der Waals surface area contributed by atoms with Gasteiger partial charge in [-0.1, -0.05) is 6.92 Å². The van der Waals surface area contributed by atoms with Crippen LogP contribution in [-0.4, -0.2) is 25.5 Å². The number of ether oxygens (including phenoxy) is 1. The first-order valence-corrected chi connectivity index (χ1v) is 6.27. The number of amides is 1. The number of hydrogen-bond acceptors (Lipinski definition) is 4. The Hall–Kier alpha value is -1.95. The van der Waals surface area contributed by atoms with Crippen molar-refractivity contribution >= 4 is 17.6 Å². The van der Waals surface area contributed by atoms with Crippen molar-refractivity contribution in [3.8, 4) is 0 Å². The first-order valence-electron chi connectivity index (χ1n) is 6.27. The minimum atomic E-state index is -0.784. The van der Waals surface area contributed by atoms with Crippen LogP contribution < -0.4 is 11.1 Å². The summed E-state index contributed by atoms with van der Waals surface area (Å²) >= 11 is 0. The monoisotopic (exact) mass is 282 g/mol. The molecule has 6 heteroatoms. The summed E-state index contributed by atoms with van der Waals surface area (Å²) in [6.07, 6.45) is 0.521. The van der Waals surface area contributed by atoms with E-state index in [4.69, 9.17) is 5.73 Å². The molecule has 110 valence electrons. The van der Waals surface area contributed by atoms with E-state index in [2.05, 4.69) is 10.1 Å². The van der Waals surface area contributed by atoms with E-state index in [1.807, 2.05) is 6.92 Å². The molecule has 0 fully saturated rings. The Bertz CT molecular complexity index is 513. The van der Waals surface area contributed by atoms with Crippen molar-refractivity contribution in [2.75, 3.05) is 19.0 Å². The molecule has 0 aliphatic carbocycles. The van der Waals surface area contributed by atoms with Crippen molar-refractivity contribution in [3.05, 3.63) is 29.6 Å². The fourth-order valence-corrected chi connectivity index (χ4v) is 1.54. The first-order chi connectivity index (χ1) is 9.37. The Morgan fingerprint density at radius 1 is 1.45 bits per heavy atom. The lowest BCUT2D eigenvalue weighted by Gasteiger charge is -2.25. The van der Waals surface area contributed by atoms with Crippen LogP contribution in [0, 0.1) is 11.2 Å². The van der Waals surface area contributed by atoms with Gasteiger partial charge in [0.25, 0.3) is 0 Å². The number of methoxy groups -OCH3 is 1. The maximum Gasteiger partial charge on any atom is 0.337 e. The summed E-state index contributed by atoms with van der Waals surface area (Å²) in [7, 11) is 1.23. The van der Waals surface area contributed by atoms with Crippen molar-refractivity contribution < 1.29 is 18.7 Å². The predicted octanol–water partition coefficient (Wildman–Crippen LogP) is 1.93. The lowest BCUT2D eigenvalue weighted by atomic mass is 9.86. The van der Waals surface area contributed by atoms with Crippen molar-refractivity contribution in [3.63, 3.8) is 0 Å². The number of halogens is 1. The molecule has 5 nitrogen and oxygen atoms in total. The fraction of sp³-hybridized carbons (Fsp3) is 0.429. The Labute approximate surface area is 117 Å². The van der Waals surface area contributed by atoms with Crippen LogP contribution in [0.15, 0.2) is 18.2 Å². The lowest BCUT2D eigenvalue weighted by Crippen LogP contribution is -2.39. The Balaban J connectivity index is 3.03. The average Bonchev–Trinajstić information content (AvgIpc) is 2.47. The lowest BCUT2D eigenvalue weighted by molar-refractivity contribution is -0.124. The van der Waals surface area contributed by atoms with Crippen molar-refractivity contribution in [2.24, 2.45) is 11.1 Å². The van der Waals surface area contributed by atoms with Crippen LogP contribution in [0.25, 0.3) is 0 Å². The smallest absolute Gasteiger partial charge is 0.337 e. The maximum atomic E-state index is 13.7. The molecule has 20 heavy (non-hydrogen) atoms. The number of anilines is 1. The number of carbonyl (C=O) groups is 2. The summed E-state index contributed by atoms with van der Waals surface area (Å²) in [4.78, 5) is 23.5. The number of nitrogens with one attached hydrogen (secondary N) is 1. The van der Waals surface area contributed by atoms with Gasteiger partial charge in [-0.3, -0.25) is 4.79 Å². The molecule has 0 bridgehead atoms. The van der Waals surface area contributed by atoms with Gasteiger partial charge in [-0.05, 0) is 31.5 Å². The number of rotatable bonds is 5. The molecule has 0 aliphatic heterocycles. The predicted molar refractivity (Wildman–Crippen MR) is 73.8 cm³/mol.